The van der Waals surface area contributed by atoms with E-state index in [4.69, 9.17) is 13.9 Å². The van der Waals surface area contributed by atoms with Crippen molar-refractivity contribution in [2.45, 2.75) is 25.7 Å². The summed E-state index contributed by atoms with van der Waals surface area (Å²) in [5, 5.41) is 14.6. The molecule has 1 amide bonds. The predicted octanol–water partition coefficient (Wildman–Crippen LogP) is 5.29. The average Bonchev–Trinajstić information content (AvgIpc) is 3.26. The van der Waals surface area contributed by atoms with Crippen LogP contribution < -0.4 is 14.8 Å². The summed E-state index contributed by atoms with van der Waals surface area (Å²) >= 11 is 3.42. The summed E-state index contributed by atoms with van der Waals surface area (Å²) in [6.07, 6.45) is 5.69. The van der Waals surface area contributed by atoms with E-state index >= 15 is 0 Å². The fourth-order valence-electron chi connectivity index (χ4n) is 4.36. The molecule has 2 N–H and O–H groups in total. The number of carbonyl (C=O) groups excluding carboxylic acids is 1. The Hall–Kier alpha value is -2.93. The molecule has 154 valence electrons. The summed E-state index contributed by atoms with van der Waals surface area (Å²) in [4.78, 5) is 12.8. The lowest BCUT2D eigenvalue weighted by Gasteiger charge is -2.11. The number of rotatable bonds is 3. The number of phenolic OH excluding ortho intramolecular Hbond substituents is 1. The van der Waals surface area contributed by atoms with Crippen LogP contribution in [0.25, 0.3) is 22.6 Å². The van der Waals surface area contributed by atoms with Crippen LogP contribution in [0, 0.1) is 0 Å². The summed E-state index contributed by atoms with van der Waals surface area (Å²) in [5.41, 5.74) is 4.21. The summed E-state index contributed by atoms with van der Waals surface area (Å²) in [6, 6.07) is 5.31. The maximum Gasteiger partial charge on any atom is 0.256 e. The summed E-state index contributed by atoms with van der Waals surface area (Å²) in [5.74, 6) is 1.88. The second kappa shape index (κ2) is 7.09. The van der Waals surface area contributed by atoms with Crippen molar-refractivity contribution in [2.24, 2.45) is 0 Å². The first kappa shape index (κ1) is 19.1. The van der Waals surface area contributed by atoms with Crippen LogP contribution in [0.3, 0.4) is 0 Å². The molecule has 30 heavy (non-hydrogen) atoms. The molecule has 6 nitrogen and oxygen atoms in total. The molecule has 0 unspecified atom stereocenters. The smallest absolute Gasteiger partial charge is 0.256 e. The zero-order valence-corrected chi connectivity index (χ0v) is 18.2. The molecule has 2 aromatic carbocycles. The SMILES string of the molecule is COc1cc2c(cc1OC)C(=Cc1c(O)c(Br)cc3oc4c(c13)CCCC4)C(=O)N2. The van der Waals surface area contributed by atoms with Gasteiger partial charge in [0.2, 0.25) is 0 Å². The van der Waals surface area contributed by atoms with E-state index in [1.165, 1.54) is 0 Å². The molecule has 2 aliphatic rings. The summed E-state index contributed by atoms with van der Waals surface area (Å²) in [6.45, 7) is 0. The average molecular weight is 470 g/mol. The molecule has 3 aromatic rings. The van der Waals surface area contributed by atoms with Gasteiger partial charge in [0.05, 0.1) is 24.4 Å². The van der Waals surface area contributed by atoms with Gasteiger partial charge in [0, 0.05) is 40.1 Å². The highest BCUT2D eigenvalue weighted by molar-refractivity contribution is 9.10. The molecule has 1 aromatic heterocycles. The molecule has 0 spiro atoms. The minimum Gasteiger partial charge on any atom is -0.506 e. The Bertz CT molecular complexity index is 1240. The maximum atomic E-state index is 12.8. The lowest BCUT2D eigenvalue weighted by atomic mass is 9.92. The third kappa shape index (κ3) is 2.80. The molecule has 0 bridgehead atoms. The second-order valence-electron chi connectivity index (χ2n) is 7.47. The summed E-state index contributed by atoms with van der Waals surface area (Å²) in [7, 11) is 3.11. The van der Waals surface area contributed by atoms with Crippen molar-refractivity contribution in [3.8, 4) is 17.2 Å². The Morgan fingerprint density at radius 1 is 1.13 bits per heavy atom. The first-order chi connectivity index (χ1) is 14.5. The number of aryl methyl sites for hydroxylation is 2. The van der Waals surface area contributed by atoms with Crippen LogP contribution in [0.2, 0.25) is 0 Å². The van der Waals surface area contributed by atoms with Crippen molar-refractivity contribution in [3.05, 3.63) is 45.1 Å². The molecule has 2 heterocycles. The number of carbonyl (C=O) groups is 1. The number of halogens is 1. The van der Waals surface area contributed by atoms with Crippen molar-refractivity contribution in [3.63, 3.8) is 0 Å². The molecular weight excluding hydrogens is 450 g/mol. The van der Waals surface area contributed by atoms with E-state index < -0.39 is 0 Å². The lowest BCUT2D eigenvalue weighted by molar-refractivity contribution is -0.110. The van der Waals surface area contributed by atoms with Crippen molar-refractivity contribution in [2.75, 3.05) is 19.5 Å². The van der Waals surface area contributed by atoms with Crippen LogP contribution in [-0.2, 0) is 17.6 Å². The van der Waals surface area contributed by atoms with Crippen LogP contribution in [0.4, 0.5) is 5.69 Å². The van der Waals surface area contributed by atoms with Crippen LogP contribution in [-0.4, -0.2) is 25.2 Å². The van der Waals surface area contributed by atoms with Gasteiger partial charge in [-0.05, 0) is 53.4 Å². The third-order valence-electron chi connectivity index (χ3n) is 5.80. The molecule has 0 saturated heterocycles. The van der Waals surface area contributed by atoms with Gasteiger partial charge in [0.15, 0.2) is 11.5 Å². The number of hydrogen-bond acceptors (Lipinski definition) is 5. The normalized spacial score (nSPS) is 16.5. The predicted molar refractivity (Wildman–Crippen MR) is 118 cm³/mol. The molecule has 0 atom stereocenters. The monoisotopic (exact) mass is 469 g/mol. The molecular formula is C23H20BrNO5. The van der Waals surface area contributed by atoms with Crippen molar-refractivity contribution in [1.82, 2.24) is 0 Å². The highest BCUT2D eigenvalue weighted by Gasteiger charge is 2.29. The van der Waals surface area contributed by atoms with Gasteiger partial charge >= 0.3 is 0 Å². The zero-order valence-electron chi connectivity index (χ0n) is 16.6. The molecule has 1 aliphatic carbocycles. The Morgan fingerprint density at radius 3 is 2.63 bits per heavy atom. The number of benzene rings is 2. The quantitative estimate of drug-likeness (QED) is 0.509. The largest absolute Gasteiger partial charge is 0.506 e. The first-order valence-corrected chi connectivity index (χ1v) is 10.6. The van der Waals surface area contributed by atoms with E-state index in [0.717, 1.165) is 42.4 Å². The van der Waals surface area contributed by atoms with Crippen LogP contribution >= 0.6 is 15.9 Å². The number of anilines is 1. The van der Waals surface area contributed by atoms with Crippen molar-refractivity contribution < 1.29 is 23.8 Å². The minimum absolute atomic E-state index is 0.0888. The Morgan fingerprint density at radius 2 is 1.87 bits per heavy atom. The number of ether oxygens (including phenoxy) is 2. The Balaban J connectivity index is 1.76. The van der Waals surface area contributed by atoms with Crippen molar-refractivity contribution >= 4 is 50.1 Å². The fourth-order valence-corrected chi connectivity index (χ4v) is 4.78. The number of fused-ring (bicyclic) bond motifs is 4. The second-order valence-corrected chi connectivity index (χ2v) is 8.32. The number of methoxy groups -OCH3 is 2. The van der Waals surface area contributed by atoms with E-state index in [1.807, 2.05) is 0 Å². The van der Waals surface area contributed by atoms with Gasteiger partial charge in [-0.1, -0.05) is 0 Å². The van der Waals surface area contributed by atoms with Crippen LogP contribution in [0.15, 0.2) is 27.1 Å². The van der Waals surface area contributed by atoms with Gasteiger partial charge in [0.1, 0.15) is 17.1 Å². The Labute approximate surface area is 181 Å². The third-order valence-corrected chi connectivity index (χ3v) is 6.41. The van der Waals surface area contributed by atoms with Crippen molar-refractivity contribution in [1.29, 1.82) is 0 Å². The molecule has 5 rings (SSSR count). The topological polar surface area (TPSA) is 80.9 Å². The van der Waals surface area contributed by atoms with Gasteiger partial charge < -0.3 is 24.3 Å². The number of amides is 1. The van der Waals surface area contributed by atoms with E-state index in [9.17, 15) is 9.90 Å². The van der Waals surface area contributed by atoms with Gasteiger partial charge in [-0.15, -0.1) is 0 Å². The van der Waals surface area contributed by atoms with Crippen LogP contribution in [0.1, 0.15) is 35.3 Å². The molecule has 0 fully saturated rings. The highest BCUT2D eigenvalue weighted by atomic mass is 79.9. The molecule has 7 heteroatoms. The van der Waals surface area contributed by atoms with E-state index in [1.54, 1.807) is 38.5 Å². The van der Waals surface area contributed by atoms with E-state index in [-0.39, 0.29) is 11.7 Å². The van der Waals surface area contributed by atoms with E-state index in [2.05, 4.69) is 21.2 Å². The summed E-state index contributed by atoms with van der Waals surface area (Å²) < 4.78 is 17.4. The van der Waals surface area contributed by atoms with Gasteiger partial charge in [0.25, 0.3) is 5.91 Å². The van der Waals surface area contributed by atoms with Crippen LogP contribution in [0.5, 0.6) is 17.2 Å². The zero-order chi connectivity index (χ0) is 21.0. The Kier molecular flexibility index (Phi) is 4.50. The molecule has 0 radical (unpaired) electrons. The number of phenols is 1. The molecule has 1 aliphatic heterocycles. The lowest BCUT2D eigenvalue weighted by Crippen LogP contribution is -2.04. The van der Waals surface area contributed by atoms with Gasteiger partial charge in [-0.25, -0.2) is 0 Å². The highest BCUT2D eigenvalue weighted by Crippen LogP contribution is 2.45. The number of nitrogens with one attached hydrogen (secondary N) is 1. The maximum absolute atomic E-state index is 12.8. The first-order valence-electron chi connectivity index (χ1n) is 9.77. The molecule has 0 saturated carbocycles. The number of furan rings is 1. The van der Waals surface area contributed by atoms with E-state index in [0.29, 0.717) is 43.9 Å². The fraction of sp³-hybridized carbons (Fsp3) is 0.261. The standard InChI is InChI=1S/C23H20BrNO5/c1-28-18-8-12-13(23(27)25-16(12)10-19(18)29-2)7-14-21-11-5-3-4-6-17(11)30-20(21)9-15(24)22(14)26/h7-10,26H,3-6H2,1-2H3,(H,25,27). The van der Waals surface area contributed by atoms with Gasteiger partial charge in [-0.2, -0.15) is 0 Å². The number of aromatic hydroxyl groups is 1. The minimum atomic E-state index is -0.245. The number of hydrogen-bond donors (Lipinski definition) is 2. The van der Waals surface area contributed by atoms with Gasteiger partial charge in [-0.3, -0.25) is 4.79 Å².